The molecule has 0 aliphatic carbocycles. The van der Waals surface area contributed by atoms with E-state index in [1.54, 1.807) is 30.4 Å². The first-order chi connectivity index (χ1) is 15.9. The van der Waals surface area contributed by atoms with Crippen molar-refractivity contribution in [1.82, 2.24) is 4.98 Å². The first kappa shape index (κ1) is 23.5. The van der Waals surface area contributed by atoms with E-state index in [0.717, 1.165) is 11.1 Å². The fourth-order valence-corrected chi connectivity index (χ4v) is 3.23. The van der Waals surface area contributed by atoms with Gasteiger partial charge in [0.25, 0.3) is 0 Å². The minimum absolute atomic E-state index is 0.0408. The van der Waals surface area contributed by atoms with Crippen LogP contribution in [0.4, 0.5) is 0 Å². The van der Waals surface area contributed by atoms with Crippen molar-refractivity contribution in [2.45, 2.75) is 20.3 Å². The van der Waals surface area contributed by atoms with Crippen LogP contribution in [0.15, 0.2) is 72.6 Å². The highest BCUT2D eigenvalue weighted by atomic mass is 16.5. The molecule has 2 aromatic carbocycles. The number of pyridine rings is 1. The highest BCUT2D eigenvalue weighted by Crippen LogP contribution is 2.38. The number of aromatic carboxylic acids is 1. The van der Waals surface area contributed by atoms with E-state index >= 15 is 0 Å². The van der Waals surface area contributed by atoms with Crippen LogP contribution in [0.5, 0.6) is 11.5 Å². The number of allylic oxidation sites excluding steroid dienone is 2. The zero-order valence-corrected chi connectivity index (χ0v) is 18.7. The average Bonchev–Trinajstić information content (AvgIpc) is 2.82. The van der Waals surface area contributed by atoms with Crippen molar-refractivity contribution >= 4 is 24.1 Å². The van der Waals surface area contributed by atoms with Crippen molar-refractivity contribution in [3.63, 3.8) is 0 Å². The Kier molecular flexibility index (Phi) is 7.76. The molecule has 33 heavy (non-hydrogen) atoms. The van der Waals surface area contributed by atoms with Gasteiger partial charge >= 0.3 is 11.9 Å². The fourth-order valence-electron chi connectivity index (χ4n) is 3.23. The molecular formula is C27H25NO5. The monoisotopic (exact) mass is 443 g/mol. The van der Waals surface area contributed by atoms with Crippen LogP contribution in [-0.2, 0) is 6.42 Å². The van der Waals surface area contributed by atoms with Crippen molar-refractivity contribution < 1.29 is 24.2 Å². The van der Waals surface area contributed by atoms with E-state index in [9.17, 15) is 14.7 Å². The molecule has 0 spiro atoms. The lowest BCUT2D eigenvalue weighted by molar-refractivity contribution is 0.0680. The van der Waals surface area contributed by atoms with Crippen LogP contribution in [0.25, 0.3) is 12.2 Å². The Morgan fingerprint density at radius 2 is 1.82 bits per heavy atom. The number of carboxylic acids is 1. The fraction of sp³-hybridized carbons (Fsp3) is 0.148. The summed E-state index contributed by atoms with van der Waals surface area (Å²) in [6, 6.07) is 14.3. The summed E-state index contributed by atoms with van der Waals surface area (Å²) in [5, 5.41) is 10.1. The van der Waals surface area contributed by atoms with E-state index in [2.05, 4.69) is 4.98 Å². The molecule has 168 valence electrons. The zero-order chi connectivity index (χ0) is 23.8. The second-order valence-electron chi connectivity index (χ2n) is 7.52. The molecule has 1 N–H and O–H groups in total. The van der Waals surface area contributed by atoms with Gasteiger partial charge in [0, 0.05) is 18.0 Å². The molecule has 0 amide bonds. The maximum atomic E-state index is 12.8. The van der Waals surface area contributed by atoms with Gasteiger partial charge < -0.3 is 14.6 Å². The van der Waals surface area contributed by atoms with Crippen molar-refractivity contribution in [3.8, 4) is 11.5 Å². The second-order valence-corrected chi connectivity index (χ2v) is 7.52. The number of nitrogens with zero attached hydrogens (tertiary/aromatic N) is 1. The molecule has 6 heteroatoms. The number of benzene rings is 2. The largest absolute Gasteiger partial charge is 0.496 e. The van der Waals surface area contributed by atoms with Crippen LogP contribution in [0.2, 0.25) is 0 Å². The van der Waals surface area contributed by atoms with Gasteiger partial charge in [0.15, 0.2) is 5.75 Å². The summed E-state index contributed by atoms with van der Waals surface area (Å²) in [5.41, 5.74) is 2.87. The van der Waals surface area contributed by atoms with Gasteiger partial charge in [-0.15, -0.1) is 0 Å². The van der Waals surface area contributed by atoms with E-state index < -0.39 is 11.9 Å². The van der Waals surface area contributed by atoms with Gasteiger partial charge in [-0.05, 0) is 49.6 Å². The minimum atomic E-state index is -1.21. The summed E-state index contributed by atoms with van der Waals surface area (Å²) in [4.78, 5) is 29.1. The molecule has 3 rings (SSSR count). The molecule has 0 atom stereocenters. The molecule has 6 nitrogen and oxygen atoms in total. The average molecular weight is 443 g/mol. The van der Waals surface area contributed by atoms with Crippen LogP contribution >= 0.6 is 0 Å². The molecule has 0 radical (unpaired) electrons. The van der Waals surface area contributed by atoms with Crippen LogP contribution in [0.1, 0.15) is 51.3 Å². The number of carbonyl (C=O) groups is 2. The molecule has 1 aromatic heterocycles. The Hall–Kier alpha value is -4.19. The van der Waals surface area contributed by atoms with Crippen LogP contribution in [0.3, 0.4) is 0 Å². The quantitative estimate of drug-likeness (QED) is 0.208. The van der Waals surface area contributed by atoms with Gasteiger partial charge in [-0.3, -0.25) is 4.98 Å². The molecular weight excluding hydrogens is 418 g/mol. The van der Waals surface area contributed by atoms with Crippen molar-refractivity contribution in [3.05, 3.63) is 100 Å². The Bertz CT molecular complexity index is 1190. The third-order valence-corrected chi connectivity index (χ3v) is 4.87. The Labute approximate surface area is 192 Å². The number of hydrogen-bond donors (Lipinski definition) is 1. The van der Waals surface area contributed by atoms with E-state index in [4.69, 9.17) is 9.47 Å². The summed E-state index contributed by atoms with van der Waals surface area (Å²) < 4.78 is 11.3. The molecule has 3 aromatic rings. The van der Waals surface area contributed by atoms with E-state index in [1.165, 1.54) is 19.5 Å². The van der Waals surface area contributed by atoms with Crippen LogP contribution in [-0.4, -0.2) is 29.1 Å². The van der Waals surface area contributed by atoms with Crippen LogP contribution in [0, 0.1) is 0 Å². The molecule has 0 saturated heterocycles. The van der Waals surface area contributed by atoms with Crippen molar-refractivity contribution in [1.29, 1.82) is 0 Å². The number of carboxylic acid groups (broad SMARTS) is 1. The topological polar surface area (TPSA) is 85.7 Å². The summed E-state index contributed by atoms with van der Waals surface area (Å²) in [6.07, 6.45) is 8.64. The first-order valence-corrected chi connectivity index (χ1v) is 10.4. The Morgan fingerprint density at radius 3 is 2.42 bits per heavy atom. The van der Waals surface area contributed by atoms with Gasteiger partial charge in [0.1, 0.15) is 11.3 Å². The first-order valence-electron chi connectivity index (χ1n) is 10.4. The Balaban J connectivity index is 2.19. The van der Waals surface area contributed by atoms with Gasteiger partial charge in [-0.25, -0.2) is 9.59 Å². The highest BCUT2D eigenvalue weighted by molar-refractivity contribution is 6.00. The zero-order valence-electron chi connectivity index (χ0n) is 18.7. The molecule has 0 unspecified atom stereocenters. The number of rotatable bonds is 8. The minimum Gasteiger partial charge on any atom is -0.496 e. The predicted octanol–water partition coefficient (Wildman–Crippen LogP) is 5.69. The smallest absolute Gasteiger partial charge is 0.345 e. The Morgan fingerprint density at radius 1 is 1.06 bits per heavy atom. The van der Waals surface area contributed by atoms with Crippen molar-refractivity contribution in [2.24, 2.45) is 0 Å². The van der Waals surface area contributed by atoms with Gasteiger partial charge in [-0.1, -0.05) is 54.1 Å². The molecule has 0 saturated carbocycles. The van der Waals surface area contributed by atoms with Gasteiger partial charge in [0.05, 0.1) is 12.7 Å². The van der Waals surface area contributed by atoms with Gasteiger partial charge in [-0.2, -0.15) is 0 Å². The van der Waals surface area contributed by atoms with Gasteiger partial charge in [0.2, 0.25) is 0 Å². The van der Waals surface area contributed by atoms with E-state index in [0.29, 0.717) is 23.3 Å². The normalized spacial score (nSPS) is 10.6. The lowest BCUT2D eigenvalue weighted by atomic mass is 9.97. The third kappa shape index (κ3) is 5.95. The summed E-state index contributed by atoms with van der Waals surface area (Å²) in [5.74, 6) is -1.52. The summed E-state index contributed by atoms with van der Waals surface area (Å²) in [7, 11) is 1.50. The second kappa shape index (κ2) is 10.9. The number of carbonyl (C=O) groups excluding carboxylic acids is 1. The number of hydrogen-bond acceptors (Lipinski definition) is 5. The third-order valence-electron chi connectivity index (χ3n) is 4.87. The summed E-state index contributed by atoms with van der Waals surface area (Å²) in [6.45, 7) is 3.87. The maximum Gasteiger partial charge on any atom is 0.345 e. The summed E-state index contributed by atoms with van der Waals surface area (Å²) >= 11 is 0. The number of ether oxygens (including phenoxy) is 2. The molecule has 0 fully saturated rings. The highest BCUT2D eigenvalue weighted by Gasteiger charge is 2.26. The lowest BCUT2D eigenvalue weighted by Gasteiger charge is -2.18. The predicted molar refractivity (Wildman–Crippen MR) is 128 cm³/mol. The number of aromatic nitrogens is 1. The van der Waals surface area contributed by atoms with Crippen molar-refractivity contribution in [2.75, 3.05) is 7.11 Å². The molecule has 0 bridgehead atoms. The SMILES string of the molecule is COc1cc(/C=C/c2ccccc2)c(C(=O)O)c(OC(=O)c2cccnc2)c1CC=C(C)C. The standard InChI is InChI=1S/C27H25NO5/c1-18(2)11-14-22-23(32-3)16-20(13-12-19-8-5-4-6-9-19)24(26(29)30)25(22)33-27(31)21-10-7-15-28-17-21/h4-13,15-17H,14H2,1-3H3,(H,29,30)/b13-12+. The molecule has 0 aliphatic rings. The maximum absolute atomic E-state index is 12.8. The lowest BCUT2D eigenvalue weighted by Crippen LogP contribution is -2.15. The van der Waals surface area contributed by atoms with E-state index in [-0.39, 0.29) is 16.9 Å². The number of esters is 1. The van der Waals surface area contributed by atoms with Crippen LogP contribution < -0.4 is 9.47 Å². The van der Waals surface area contributed by atoms with E-state index in [1.807, 2.05) is 50.3 Å². The molecule has 0 aliphatic heterocycles. The molecule has 1 heterocycles. The number of methoxy groups -OCH3 is 1.